The first-order valence-electron chi connectivity index (χ1n) is 8.53. The number of hydrogen-bond acceptors (Lipinski definition) is 3. The number of fused-ring (bicyclic) bond motifs is 1. The summed E-state index contributed by atoms with van der Waals surface area (Å²) in [6.07, 6.45) is 3.37. The molecule has 8 heteroatoms. The van der Waals surface area contributed by atoms with Gasteiger partial charge in [0.1, 0.15) is 11.6 Å². The van der Waals surface area contributed by atoms with Gasteiger partial charge in [0.25, 0.3) is 11.8 Å². The lowest BCUT2D eigenvalue weighted by Crippen LogP contribution is -2.26. The van der Waals surface area contributed by atoms with Crippen molar-refractivity contribution in [3.05, 3.63) is 65.7 Å². The average Bonchev–Trinajstić information content (AvgIpc) is 3.04. The molecule has 2 amide bonds. The van der Waals surface area contributed by atoms with Gasteiger partial charge >= 0.3 is 0 Å². The highest BCUT2D eigenvalue weighted by atomic mass is 19.1. The number of nitrogens with one attached hydrogen (secondary N) is 2. The quantitative estimate of drug-likeness (QED) is 0.651. The van der Waals surface area contributed by atoms with Crippen molar-refractivity contribution in [3.63, 3.8) is 0 Å². The van der Waals surface area contributed by atoms with E-state index in [2.05, 4.69) is 15.6 Å². The summed E-state index contributed by atoms with van der Waals surface area (Å²) in [7, 11) is 0. The van der Waals surface area contributed by atoms with Crippen LogP contribution in [0.2, 0.25) is 0 Å². The highest BCUT2D eigenvalue weighted by Crippen LogP contribution is 2.18. The van der Waals surface area contributed by atoms with Gasteiger partial charge in [-0.3, -0.25) is 14.0 Å². The molecule has 0 radical (unpaired) electrons. The lowest BCUT2D eigenvalue weighted by Gasteiger charge is -2.05. The van der Waals surface area contributed by atoms with Gasteiger partial charge in [0.05, 0.1) is 11.2 Å². The van der Waals surface area contributed by atoms with E-state index in [4.69, 9.17) is 0 Å². The maximum absolute atomic E-state index is 13.8. The molecule has 2 heterocycles. The molecule has 2 N–H and O–H groups in total. The van der Waals surface area contributed by atoms with Crippen molar-refractivity contribution in [2.45, 2.75) is 19.8 Å². The van der Waals surface area contributed by atoms with Crippen LogP contribution in [0.1, 0.15) is 40.9 Å². The number of aromatic nitrogens is 2. The van der Waals surface area contributed by atoms with E-state index in [1.165, 1.54) is 4.40 Å². The number of nitrogens with zero attached hydrogens (tertiary/aromatic N) is 2. The number of imidazole rings is 1. The monoisotopic (exact) mass is 372 g/mol. The Bertz CT molecular complexity index is 1000. The van der Waals surface area contributed by atoms with Crippen LogP contribution in [0.5, 0.6) is 0 Å². The Hall–Kier alpha value is -3.29. The molecule has 0 unspecified atom stereocenters. The number of rotatable bonds is 6. The second-order valence-electron chi connectivity index (χ2n) is 5.93. The van der Waals surface area contributed by atoms with Gasteiger partial charge in [-0.25, -0.2) is 13.8 Å². The number of unbranched alkanes of at least 4 members (excludes halogenated alkanes) is 1. The molecule has 6 nitrogen and oxygen atoms in total. The molecule has 0 aliphatic carbocycles. The molecule has 3 aromatic rings. The third-order valence-electron chi connectivity index (χ3n) is 3.96. The molecule has 0 aliphatic heterocycles. The summed E-state index contributed by atoms with van der Waals surface area (Å²) < 4.78 is 28.3. The van der Waals surface area contributed by atoms with Crippen molar-refractivity contribution < 1.29 is 18.4 Å². The molecule has 27 heavy (non-hydrogen) atoms. The molecule has 3 rings (SSSR count). The zero-order valence-electron chi connectivity index (χ0n) is 14.6. The van der Waals surface area contributed by atoms with E-state index in [9.17, 15) is 18.4 Å². The Balaban J connectivity index is 1.92. The first kappa shape index (κ1) is 18.5. The van der Waals surface area contributed by atoms with E-state index >= 15 is 0 Å². The van der Waals surface area contributed by atoms with Gasteiger partial charge in [-0.05, 0) is 30.7 Å². The summed E-state index contributed by atoms with van der Waals surface area (Å²) in [5, 5.41) is 5.12. The van der Waals surface area contributed by atoms with Gasteiger partial charge in [0.2, 0.25) is 5.82 Å². The van der Waals surface area contributed by atoms with Gasteiger partial charge in [-0.15, -0.1) is 0 Å². The van der Waals surface area contributed by atoms with Crippen LogP contribution in [0.4, 0.5) is 14.5 Å². The van der Waals surface area contributed by atoms with Crippen LogP contribution in [0.15, 0.2) is 42.6 Å². The lowest BCUT2D eigenvalue weighted by molar-refractivity contribution is 0.0942. The maximum atomic E-state index is 13.8. The number of anilines is 1. The number of carbonyl (C=O) groups is 2. The summed E-state index contributed by atoms with van der Waals surface area (Å²) in [4.78, 5) is 29.1. The van der Waals surface area contributed by atoms with Crippen molar-refractivity contribution in [2.75, 3.05) is 11.9 Å². The fraction of sp³-hybridized carbons (Fsp3) is 0.211. The molecule has 1 aromatic carbocycles. The van der Waals surface area contributed by atoms with Crippen LogP contribution in [-0.4, -0.2) is 27.7 Å². The van der Waals surface area contributed by atoms with E-state index in [0.29, 0.717) is 18.1 Å². The Morgan fingerprint density at radius 3 is 2.70 bits per heavy atom. The molecular formula is C19H18F2N4O2. The van der Waals surface area contributed by atoms with Crippen LogP contribution in [-0.2, 0) is 0 Å². The predicted molar refractivity (Wildman–Crippen MR) is 96.7 cm³/mol. The number of benzene rings is 1. The normalized spacial score (nSPS) is 10.8. The second-order valence-corrected chi connectivity index (χ2v) is 5.93. The molecule has 140 valence electrons. The summed E-state index contributed by atoms with van der Waals surface area (Å²) in [5.74, 6) is -2.69. The molecular weight excluding hydrogens is 354 g/mol. The first-order valence-corrected chi connectivity index (χ1v) is 8.53. The maximum Gasteiger partial charge on any atom is 0.287 e. The summed E-state index contributed by atoms with van der Waals surface area (Å²) in [6, 6.07) is 7.87. The number of hydrogen-bond donors (Lipinski definition) is 2. The molecule has 0 saturated carbocycles. The van der Waals surface area contributed by atoms with Gasteiger partial charge in [-0.2, -0.15) is 0 Å². The van der Waals surface area contributed by atoms with Gasteiger partial charge < -0.3 is 10.6 Å². The van der Waals surface area contributed by atoms with E-state index in [1.54, 1.807) is 24.4 Å². The van der Waals surface area contributed by atoms with Crippen LogP contribution in [0, 0.1) is 11.6 Å². The van der Waals surface area contributed by atoms with Crippen molar-refractivity contribution in [3.8, 4) is 0 Å². The topological polar surface area (TPSA) is 75.5 Å². The number of pyridine rings is 1. The molecule has 0 aliphatic rings. The number of halogens is 2. The Labute approximate surface area is 154 Å². The Morgan fingerprint density at radius 1 is 1.15 bits per heavy atom. The van der Waals surface area contributed by atoms with Crippen molar-refractivity contribution in [1.29, 1.82) is 0 Å². The minimum Gasteiger partial charge on any atom is -0.349 e. The molecule has 0 saturated heterocycles. The van der Waals surface area contributed by atoms with E-state index < -0.39 is 23.4 Å². The third-order valence-corrected chi connectivity index (χ3v) is 3.96. The highest BCUT2D eigenvalue weighted by molar-refractivity contribution is 6.09. The van der Waals surface area contributed by atoms with Crippen LogP contribution in [0.3, 0.4) is 0 Å². The van der Waals surface area contributed by atoms with Crippen LogP contribution in [0.25, 0.3) is 5.52 Å². The molecule has 0 fully saturated rings. The summed E-state index contributed by atoms with van der Waals surface area (Å²) >= 11 is 0. The van der Waals surface area contributed by atoms with Gasteiger partial charge in [0, 0.05) is 18.8 Å². The SMILES string of the molecule is CCCCNC(=O)c1nc(C(=O)Nc2ccc(F)cc2F)c2ccccn12. The third kappa shape index (κ3) is 3.94. The highest BCUT2D eigenvalue weighted by Gasteiger charge is 2.22. The Kier molecular flexibility index (Phi) is 5.44. The Morgan fingerprint density at radius 2 is 1.96 bits per heavy atom. The van der Waals surface area contributed by atoms with E-state index in [0.717, 1.165) is 25.0 Å². The smallest absolute Gasteiger partial charge is 0.287 e. The predicted octanol–water partition coefficient (Wildman–Crippen LogP) is 3.39. The second kappa shape index (κ2) is 7.94. The zero-order chi connectivity index (χ0) is 19.4. The van der Waals surface area contributed by atoms with E-state index in [-0.39, 0.29) is 17.2 Å². The van der Waals surface area contributed by atoms with E-state index in [1.807, 2.05) is 6.92 Å². The van der Waals surface area contributed by atoms with Gasteiger partial charge in [-0.1, -0.05) is 19.4 Å². The van der Waals surface area contributed by atoms with Crippen molar-refractivity contribution in [2.24, 2.45) is 0 Å². The molecule has 0 atom stereocenters. The van der Waals surface area contributed by atoms with Crippen LogP contribution < -0.4 is 10.6 Å². The minimum absolute atomic E-state index is 0.0278. The fourth-order valence-electron chi connectivity index (χ4n) is 2.60. The van der Waals surface area contributed by atoms with Crippen molar-refractivity contribution in [1.82, 2.24) is 14.7 Å². The number of carbonyl (C=O) groups excluding carboxylic acids is 2. The molecule has 0 spiro atoms. The average molecular weight is 372 g/mol. The zero-order valence-corrected chi connectivity index (χ0v) is 14.6. The lowest BCUT2D eigenvalue weighted by atomic mass is 10.2. The largest absolute Gasteiger partial charge is 0.349 e. The molecule has 0 bridgehead atoms. The standard InChI is InChI=1S/C19H18F2N4O2/c1-2-3-9-22-19(27)17-24-16(15-6-4-5-10-25(15)17)18(26)23-14-8-7-12(20)11-13(14)21/h4-8,10-11H,2-3,9H2,1H3,(H,22,27)(H,23,26). The summed E-state index contributed by atoms with van der Waals surface area (Å²) in [5.41, 5.74) is 0.200. The first-order chi connectivity index (χ1) is 13.0. The van der Waals surface area contributed by atoms with Crippen LogP contribution >= 0.6 is 0 Å². The minimum atomic E-state index is -0.899. The van der Waals surface area contributed by atoms with Crippen molar-refractivity contribution >= 4 is 23.0 Å². The fourth-order valence-corrected chi connectivity index (χ4v) is 2.60. The summed E-state index contributed by atoms with van der Waals surface area (Å²) in [6.45, 7) is 2.51. The molecule has 2 aromatic heterocycles. The van der Waals surface area contributed by atoms with Gasteiger partial charge in [0.15, 0.2) is 5.69 Å². The number of amides is 2.